The van der Waals surface area contributed by atoms with Gasteiger partial charge in [-0.15, -0.1) is 0 Å². The Hall–Kier alpha value is -2.97. The molecular weight excluding hydrogens is 399 g/mol. The summed E-state index contributed by atoms with van der Waals surface area (Å²) in [6, 6.07) is 14.6. The molecule has 0 spiro atoms. The molecule has 3 rings (SSSR count). The first kappa shape index (κ1) is 22.7. The van der Waals surface area contributed by atoms with Gasteiger partial charge in [0.25, 0.3) is 5.91 Å². The maximum absolute atomic E-state index is 13.3. The van der Waals surface area contributed by atoms with Crippen molar-refractivity contribution in [3.63, 3.8) is 0 Å². The Morgan fingerprint density at radius 1 is 1.10 bits per heavy atom. The average Bonchev–Trinajstić information content (AvgIpc) is 2.77. The summed E-state index contributed by atoms with van der Waals surface area (Å²) < 4.78 is 19.1. The van der Waals surface area contributed by atoms with Crippen LogP contribution in [0.15, 0.2) is 54.6 Å². The second-order valence-electron chi connectivity index (χ2n) is 7.80. The molecule has 166 valence electrons. The van der Waals surface area contributed by atoms with Crippen molar-refractivity contribution in [2.24, 2.45) is 0 Å². The molecule has 0 saturated carbocycles. The summed E-state index contributed by atoms with van der Waals surface area (Å²) >= 11 is 0. The highest BCUT2D eigenvalue weighted by Gasteiger charge is 2.28. The van der Waals surface area contributed by atoms with Gasteiger partial charge in [0.2, 0.25) is 0 Å². The summed E-state index contributed by atoms with van der Waals surface area (Å²) in [6.45, 7) is 2.79. The van der Waals surface area contributed by atoms with Crippen molar-refractivity contribution in [1.82, 2.24) is 14.7 Å². The fraction of sp³-hybridized carbons (Fsp3) is 0.391. The number of anilines is 1. The lowest BCUT2D eigenvalue weighted by Gasteiger charge is -2.36. The zero-order valence-electron chi connectivity index (χ0n) is 18.0. The lowest BCUT2D eigenvalue weighted by molar-refractivity contribution is -0.0265. The fourth-order valence-corrected chi connectivity index (χ4v) is 3.36. The Morgan fingerprint density at radius 3 is 2.48 bits per heavy atom. The number of carbonyl (C=O) groups excluding carboxylic acids is 2. The van der Waals surface area contributed by atoms with E-state index in [1.807, 2.05) is 49.3 Å². The van der Waals surface area contributed by atoms with Crippen molar-refractivity contribution in [3.05, 3.63) is 66.0 Å². The number of nitrogens with zero attached hydrogens (tertiary/aromatic N) is 3. The maximum atomic E-state index is 13.3. The number of nitrogens with one attached hydrogen (secondary N) is 1. The van der Waals surface area contributed by atoms with Gasteiger partial charge in [0.05, 0.1) is 19.3 Å². The number of benzene rings is 2. The molecule has 0 radical (unpaired) electrons. The van der Waals surface area contributed by atoms with E-state index in [9.17, 15) is 14.0 Å². The number of carbonyl (C=O) groups is 2. The zero-order valence-corrected chi connectivity index (χ0v) is 18.0. The number of amides is 3. The van der Waals surface area contributed by atoms with Crippen molar-refractivity contribution in [2.75, 3.05) is 58.7 Å². The number of hydrogen-bond acceptors (Lipinski definition) is 4. The molecule has 1 saturated heterocycles. The first-order valence-corrected chi connectivity index (χ1v) is 10.3. The van der Waals surface area contributed by atoms with E-state index < -0.39 is 0 Å². The molecule has 0 aromatic heterocycles. The minimum atomic E-state index is -0.382. The lowest BCUT2D eigenvalue weighted by Crippen LogP contribution is -2.52. The molecule has 2 aromatic rings. The van der Waals surface area contributed by atoms with E-state index in [2.05, 4.69) is 5.32 Å². The van der Waals surface area contributed by atoms with Crippen molar-refractivity contribution in [2.45, 2.75) is 6.10 Å². The van der Waals surface area contributed by atoms with E-state index in [1.54, 1.807) is 9.80 Å². The zero-order chi connectivity index (χ0) is 22.2. The van der Waals surface area contributed by atoms with Crippen molar-refractivity contribution in [3.8, 4) is 0 Å². The Morgan fingerprint density at radius 2 is 1.81 bits per heavy atom. The van der Waals surface area contributed by atoms with Crippen LogP contribution in [0.2, 0.25) is 0 Å². The molecule has 1 heterocycles. The monoisotopic (exact) mass is 428 g/mol. The quantitative estimate of drug-likeness (QED) is 0.737. The molecule has 1 N–H and O–H groups in total. The molecule has 0 bridgehead atoms. The second-order valence-corrected chi connectivity index (χ2v) is 7.80. The van der Waals surface area contributed by atoms with E-state index in [1.165, 1.54) is 24.3 Å². The molecule has 31 heavy (non-hydrogen) atoms. The molecular formula is C23H29FN4O3. The third-order valence-corrected chi connectivity index (χ3v) is 5.07. The highest BCUT2D eigenvalue weighted by atomic mass is 19.1. The normalized spacial score (nSPS) is 16.3. The van der Waals surface area contributed by atoms with Gasteiger partial charge in [0, 0.05) is 37.4 Å². The minimum absolute atomic E-state index is 0.184. The van der Waals surface area contributed by atoms with Crippen LogP contribution in [-0.4, -0.2) is 86.2 Å². The number of para-hydroxylation sites is 1. The van der Waals surface area contributed by atoms with Gasteiger partial charge >= 0.3 is 6.03 Å². The molecule has 0 aliphatic carbocycles. The summed E-state index contributed by atoms with van der Waals surface area (Å²) in [4.78, 5) is 31.1. The number of urea groups is 1. The predicted octanol–water partition coefficient (Wildman–Crippen LogP) is 2.76. The van der Waals surface area contributed by atoms with Gasteiger partial charge in [0.15, 0.2) is 0 Å². The van der Waals surface area contributed by atoms with Crippen LogP contribution in [0.1, 0.15) is 10.4 Å². The van der Waals surface area contributed by atoms with Crippen molar-refractivity contribution in [1.29, 1.82) is 0 Å². The number of likely N-dealkylation sites (N-methyl/N-ethyl adjacent to an activating group) is 1. The van der Waals surface area contributed by atoms with Gasteiger partial charge in [-0.05, 0) is 50.5 Å². The van der Waals surface area contributed by atoms with Crippen LogP contribution in [0.25, 0.3) is 0 Å². The number of rotatable bonds is 7. The Labute approximate surface area is 182 Å². The van der Waals surface area contributed by atoms with Crippen molar-refractivity contribution < 1.29 is 18.7 Å². The highest BCUT2D eigenvalue weighted by Crippen LogP contribution is 2.13. The van der Waals surface area contributed by atoms with E-state index in [0.717, 1.165) is 5.69 Å². The van der Waals surface area contributed by atoms with Gasteiger partial charge in [-0.25, -0.2) is 9.18 Å². The van der Waals surface area contributed by atoms with Gasteiger partial charge in [-0.2, -0.15) is 0 Å². The van der Waals surface area contributed by atoms with Gasteiger partial charge < -0.3 is 24.8 Å². The first-order chi connectivity index (χ1) is 14.9. The average molecular weight is 429 g/mol. The lowest BCUT2D eigenvalue weighted by atomic mass is 10.1. The van der Waals surface area contributed by atoms with Crippen LogP contribution in [-0.2, 0) is 4.74 Å². The standard InChI is InChI=1S/C23H29FN4O3/c1-26(2)12-13-27(22(29)18-8-10-19(24)11-9-18)16-21-17-28(14-15-31-21)23(30)25-20-6-4-3-5-7-20/h3-11,21H,12-17H2,1-2H3,(H,25,30). The van der Waals surface area contributed by atoms with Crippen molar-refractivity contribution >= 4 is 17.6 Å². The molecule has 1 aliphatic rings. The molecule has 1 aliphatic heterocycles. The molecule has 1 atom stereocenters. The van der Waals surface area contributed by atoms with Crippen LogP contribution >= 0.6 is 0 Å². The molecule has 1 fully saturated rings. The molecule has 2 aromatic carbocycles. The smallest absolute Gasteiger partial charge is 0.322 e. The van der Waals surface area contributed by atoms with Crippen LogP contribution < -0.4 is 5.32 Å². The molecule has 1 unspecified atom stereocenters. The maximum Gasteiger partial charge on any atom is 0.322 e. The van der Waals surface area contributed by atoms with E-state index >= 15 is 0 Å². The summed E-state index contributed by atoms with van der Waals surface area (Å²) in [6.07, 6.45) is -0.304. The largest absolute Gasteiger partial charge is 0.373 e. The summed E-state index contributed by atoms with van der Waals surface area (Å²) in [5.41, 5.74) is 1.16. The molecule has 7 nitrogen and oxygen atoms in total. The molecule has 8 heteroatoms. The fourth-order valence-electron chi connectivity index (χ4n) is 3.36. The Balaban J connectivity index is 1.64. The van der Waals surface area contributed by atoms with E-state index in [-0.39, 0.29) is 23.9 Å². The SMILES string of the molecule is CN(C)CCN(CC1CN(C(=O)Nc2ccccc2)CCO1)C(=O)c1ccc(F)cc1. The summed E-state index contributed by atoms with van der Waals surface area (Å²) in [5.74, 6) is -0.566. The molecule has 3 amide bonds. The van der Waals surface area contributed by atoms with Crippen LogP contribution in [0, 0.1) is 5.82 Å². The van der Waals surface area contributed by atoms with Gasteiger partial charge in [-0.1, -0.05) is 18.2 Å². The summed E-state index contributed by atoms with van der Waals surface area (Å²) in [7, 11) is 3.88. The van der Waals surface area contributed by atoms with E-state index in [4.69, 9.17) is 4.74 Å². The van der Waals surface area contributed by atoms with Crippen LogP contribution in [0.5, 0.6) is 0 Å². The Bertz CT molecular complexity index is 861. The third-order valence-electron chi connectivity index (χ3n) is 5.07. The number of ether oxygens (including phenoxy) is 1. The first-order valence-electron chi connectivity index (χ1n) is 10.3. The Kier molecular flexibility index (Phi) is 7.97. The minimum Gasteiger partial charge on any atom is -0.373 e. The number of halogens is 1. The van der Waals surface area contributed by atoms with E-state index in [0.29, 0.717) is 44.9 Å². The topological polar surface area (TPSA) is 65.1 Å². The number of hydrogen-bond donors (Lipinski definition) is 1. The van der Waals surface area contributed by atoms with Gasteiger partial charge in [-0.3, -0.25) is 4.79 Å². The van der Waals surface area contributed by atoms with Crippen LogP contribution in [0.4, 0.5) is 14.9 Å². The number of morpholine rings is 1. The summed E-state index contributed by atoms with van der Waals surface area (Å²) in [5, 5.41) is 2.89. The third kappa shape index (κ3) is 6.77. The van der Waals surface area contributed by atoms with Gasteiger partial charge in [0.1, 0.15) is 5.82 Å². The second kappa shape index (κ2) is 10.9. The highest BCUT2D eigenvalue weighted by molar-refractivity contribution is 5.94. The van der Waals surface area contributed by atoms with Crippen LogP contribution in [0.3, 0.4) is 0 Å². The predicted molar refractivity (Wildman–Crippen MR) is 118 cm³/mol.